The minimum absolute atomic E-state index is 0. The lowest BCUT2D eigenvalue weighted by molar-refractivity contribution is 0.157. The SMILES string of the molecule is CN=C(NCc1cccc(OCCN(C)C)c1)N1CCC(COC)C1.I. The molecule has 148 valence electrons. The smallest absolute Gasteiger partial charge is 0.193 e. The minimum atomic E-state index is 0. The summed E-state index contributed by atoms with van der Waals surface area (Å²) < 4.78 is 11.1. The molecular weight excluding hydrogens is 443 g/mol. The summed E-state index contributed by atoms with van der Waals surface area (Å²) in [5, 5.41) is 3.46. The Hall–Kier alpha value is -1.06. The van der Waals surface area contributed by atoms with Crippen LogP contribution < -0.4 is 10.1 Å². The van der Waals surface area contributed by atoms with Gasteiger partial charge in [-0.2, -0.15) is 0 Å². The summed E-state index contributed by atoms with van der Waals surface area (Å²) in [6.45, 7) is 5.19. The standard InChI is InChI=1S/C19H32N4O2.HI/c1-20-19(23-9-8-17(14-23)15-24-4)21-13-16-6-5-7-18(12-16)25-11-10-22(2)3;/h5-7,12,17H,8-11,13-15H2,1-4H3,(H,20,21);1H. The molecule has 0 spiro atoms. The van der Waals surface area contributed by atoms with Gasteiger partial charge in [0.15, 0.2) is 5.96 Å². The first-order valence-electron chi connectivity index (χ1n) is 8.93. The van der Waals surface area contributed by atoms with Gasteiger partial charge in [0, 0.05) is 46.3 Å². The molecule has 1 aromatic carbocycles. The van der Waals surface area contributed by atoms with Crippen molar-refractivity contribution in [1.29, 1.82) is 0 Å². The third-order valence-electron chi connectivity index (χ3n) is 4.36. The molecular formula is C19H33IN4O2. The van der Waals surface area contributed by atoms with E-state index in [9.17, 15) is 0 Å². The maximum absolute atomic E-state index is 5.81. The lowest BCUT2D eigenvalue weighted by Crippen LogP contribution is -2.39. The number of halogens is 1. The number of ether oxygens (including phenoxy) is 2. The molecule has 6 nitrogen and oxygen atoms in total. The number of likely N-dealkylation sites (N-methyl/N-ethyl adjacent to an activating group) is 1. The number of hydrogen-bond donors (Lipinski definition) is 1. The minimum Gasteiger partial charge on any atom is -0.492 e. The Morgan fingerprint density at radius 2 is 2.19 bits per heavy atom. The fourth-order valence-electron chi connectivity index (χ4n) is 3.00. The van der Waals surface area contributed by atoms with Gasteiger partial charge in [0.25, 0.3) is 0 Å². The highest BCUT2D eigenvalue weighted by atomic mass is 127. The zero-order chi connectivity index (χ0) is 18.1. The Bertz CT molecular complexity index is 554. The van der Waals surface area contributed by atoms with Gasteiger partial charge < -0.3 is 24.6 Å². The first-order valence-corrected chi connectivity index (χ1v) is 8.93. The summed E-state index contributed by atoms with van der Waals surface area (Å²) >= 11 is 0. The highest BCUT2D eigenvalue weighted by Crippen LogP contribution is 2.17. The van der Waals surface area contributed by atoms with E-state index in [4.69, 9.17) is 9.47 Å². The summed E-state index contributed by atoms with van der Waals surface area (Å²) in [6.07, 6.45) is 1.16. The predicted molar refractivity (Wildman–Crippen MR) is 118 cm³/mol. The molecule has 0 saturated carbocycles. The molecule has 26 heavy (non-hydrogen) atoms. The van der Waals surface area contributed by atoms with Crippen molar-refractivity contribution in [2.24, 2.45) is 10.9 Å². The Labute approximate surface area is 175 Å². The summed E-state index contributed by atoms with van der Waals surface area (Å²) in [5.41, 5.74) is 1.19. The van der Waals surface area contributed by atoms with Crippen LogP contribution in [-0.2, 0) is 11.3 Å². The molecule has 1 aliphatic heterocycles. The second-order valence-corrected chi connectivity index (χ2v) is 6.76. The van der Waals surface area contributed by atoms with Gasteiger partial charge in [0.2, 0.25) is 0 Å². The van der Waals surface area contributed by atoms with Gasteiger partial charge in [-0.25, -0.2) is 0 Å². The highest BCUT2D eigenvalue weighted by Gasteiger charge is 2.24. The Balaban J connectivity index is 0.00000338. The van der Waals surface area contributed by atoms with E-state index in [0.717, 1.165) is 50.9 Å². The van der Waals surface area contributed by atoms with E-state index in [1.54, 1.807) is 7.11 Å². The zero-order valence-electron chi connectivity index (χ0n) is 16.4. The van der Waals surface area contributed by atoms with Crippen LogP contribution >= 0.6 is 24.0 Å². The van der Waals surface area contributed by atoms with Crippen molar-refractivity contribution in [3.63, 3.8) is 0 Å². The quantitative estimate of drug-likeness (QED) is 0.355. The van der Waals surface area contributed by atoms with Crippen LogP contribution in [0.15, 0.2) is 29.3 Å². The summed E-state index contributed by atoms with van der Waals surface area (Å²) in [4.78, 5) is 8.85. The molecule has 7 heteroatoms. The Morgan fingerprint density at radius 3 is 2.88 bits per heavy atom. The number of methoxy groups -OCH3 is 1. The molecule has 1 atom stereocenters. The lowest BCUT2D eigenvalue weighted by Gasteiger charge is -2.22. The normalized spacial score (nSPS) is 17.3. The second-order valence-electron chi connectivity index (χ2n) is 6.76. The van der Waals surface area contributed by atoms with Crippen LogP contribution in [0, 0.1) is 5.92 Å². The maximum Gasteiger partial charge on any atom is 0.193 e. The van der Waals surface area contributed by atoms with Crippen molar-refractivity contribution in [3.05, 3.63) is 29.8 Å². The van der Waals surface area contributed by atoms with Gasteiger partial charge in [-0.3, -0.25) is 4.99 Å². The van der Waals surface area contributed by atoms with Gasteiger partial charge in [-0.05, 0) is 38.2 Å². The number of nitrogens with zero attached hydrogens (tertiary/aromatic N) is 3. The third-order valence-corrected chi connectivity index (χ3v) is 4.36. The molecule has 1 saturated heterocycles. The average molecular weight is 476 g/mol. The van der Waals surface area contributed by atoms with Crippen LogP contribution in [0.2, 0.25) is 0 Å². The number of aliphatic imine (C=N–C) groups is 1. The summed E-state index contributed by atoms with van der Waals surface area (Å²) in [7, 11) is 7.70. The van der Waals surface area contributed by atoms with Crippen LogP contribution in [0.3, 0.4) is 0 Å². The van der Waals surface area contributed by atoms with Crippen molar-refractivity contribution < 1.29 is 9.47 Å². The van der Waals surface area contributed by atoms with Crippen molar-refractivity contribution in [2.75, 3.05) is 61.1 Å². The molecule has 1 aliphatic rings. The van der Waals surface area contributed by atoms with Crippen molar-refractivity contribution in [1.82, 2.24) is 15.1 Å². The molecule has 0 bridgehead atoms. The fraction of sp³-hybridized carbons (Fsp3) is 0.632. The van der Waals surface area contributed by atoms with E-state index in [2.05, 4.69) is 32.2 Å². The van der Waals surface area contributed by atoms with E-state index in [1.807, 2.05) is 33.3 Å². The van der Waals surface area contributed by atoms with Gasteiger partial charge in [-0.15, -0.1) is 24.0 Å². The van der Waals surface area contributed by atoms with Crippen LogP contribution in [0.1, 0.15) is 12.0 Å². The van der Waals surface area contributed by atoms with E-state index in [1.165, 1.54) is 5.56 Å². The van der Waals surface area contributed by atoms with Crippen LogP contribution in [-0.4, -0.2) is 76.9 Å². The first kappa shape index (κ1) is 23.0. The topological polar surface area (TPSA) is 49.3 Å². The lowest BCUT2D eigenvalue weighted by atomic mass is 10.1. The van der Waals surface area contributed by atoms with Crippen molar-refractivity contribution in [2.45, 2.75) is 13.0 Å². The highest BCUT2D eigenvalue weighted by molar-refractivity contribution is 14.0. The molecule has 1 heterocycles. The summed E-state index contributed by atoms with van der Waals surface area (Å²) in [5.74, 6) is 2.46. The number of rotatable bonds is 8. The van der Waals surface area contributed by atoms with Crippen LogP contribution in [0.4, 0.5) is 0 Å². The maximum atomic E-state index is 5.81. The Morgan fingerprint density at radius 1 is 1.38 bits per heavy atom. The van der Waals surface area contributed by atoms with Gasteiger partial charge in [0.1, 0.15) is 12.4 Å². The second kappa shape index (κ2) is 12.3. The van der Waals surface area contributed by atoms with E-state index in [0.29, 0.717) is 12.5 Å². The van der Waals surface area contributed by atoms with E-state index in [-0.39, 0.29) is 24.0 Å². The van der Waals surface area contributed by atoms with Crippen molar-refractivity contribution in [3.8, 4) is 5.75 Å². The molecule has 0 radical (unpaired) electrons. The number of benzene rings is 1. The average Bonchev–Trinajstić information content (AvgIpc) is 3.04. The number of guanidine groups is 1. The largest absolute Gasteiger partial charge is 0.492 e. The zero-order valence-corrected chi connectivity index (χ0v) is 18.7. The van der Waals surface area contributed by atoms with Gasteiger partial charge in [0.05, 0.1) is 6.61 Å². The van der Waals surface area contributed by atoms with Crippen molar-refractivity contribution >= 4 is 29.9 Å². The van der Waals surface area contributed by atoms with Crippen LogP contribution in [0.5, 0.6) is 5.75 Å². The third kappa shape index (κ3) is 7.67. The van der Waals surface area contributed by atoms with Gasteiger partial charge >= 0.3 is 0 Å². The predicted octanol–water partition coefficient (Wildman–Crippen LogP) is 2.29. The summed E-state index contributed by atoms with van der Waals surface area (Å²) in [6, 6.07) is 8.24. The fourth-order valence-corrected chi connectivity index (χ4v) is 3.00. The molecule has 1 aromatic rings. The number of nitrogens with one attached hydrogen (secondary N) is 1. The molecule has 0 aromatic heterocycles. The van der Waals surface area contributed by atoms with E-state index >= 15 is 0 Å². The molecule has 1 fully saturated rings. The monoisotopic (exact) mass is 476 g/mol. The van der Waals surface area contributed by atoms with E-state index < -0.39 is 0 Å². The molecule has 0 aliphatic carbocycles. The molecule has 2 rings (SSSR count). The molecule has 0 amide bonds. The first-order chi connectivity index (χ1) is 12.1. The molecule has 1 unspecified atom stereocenters. The number of likely N-dealkylation sites (tertiary alicyclic amines) is 1. The van der Waals surface area contributed by atoms with Gasteiger partial charge in [-0.1, -0.05) is 12.1 Å². The Kier molecular flexibility index (Phi) is 10.9. The number of hydrogen-bond acceptors (Lipinski definition) is 4. The van der Waals surface area contributed by atoms with Crippen LogP contribution in [0.25, 0.3) is 0 Å². The molecule has 1 N–H and O–H groups in total.